The van der Waals surface area contributed by atoms with Crippen molar-refractivity contribution < 1.29 is 0 Å². The summed E-state index contributed by atoms with van der Waals surface area (Å²) in [5, 5.41) is 0. The van der Waals surface area contributed by atoms with Gasteiger partial charge in [-0.05, 0) is 43.4 Å². The minimum Gasteiger partial charge on any atom is -0.327 e. The van der Waals surface area contributed by atoms with E-state index in [0.29, 0.717) is 6.04 Å². The van der Waals surface area contributed by atoms with Gasteiger partial charge in [0.15, 0.2) is 0 Å². The van der Waals surface area contributed by atoms with Crippen LogP contribution in [0, 0.1) is 17.8 Å². The summed E-state index contributed by atoms with van der Waals surface area (Å²) in [5.74, 6) is 2.65. The molecule has 0 aromatic heterocycles. The van der Waals surface area contributed by atoms with Crippen molar-refractivity contribution in [1.82, 2.24) is 0 Å². The van der Waals surface area contributed by atoms with E-state index in [1.54, 1.807) is 0 Å². The molecule has 2 aliphatic rings. The Kier molecular flexibility index (Phi) is 3.48. The molecule has 2 aliphatic carbocycles. The highest BCUT2D eigenvalue weighted by atomic mass is 14.7. The van der Waals surface area contributed by atoms with Crippen LogP contribution in [0.15, 0.2) is 0 Å². The van der Waals surface area contributed by atoms with Crippen LogP contribution in [0.25, 0.3) is 0 Å². The summed E-state index contributed by atoms with van der Waals surface area (Å²) in [6.45, 7) is 2.38. The zero-order valence-corrected chi connectivity index (χ0v) is 9.54. The Hall–Kier alpha value is -0.0400. The molecule has 0 aliphatic heterocycles. The Bertz CT molecular complexity index is 167. The average molecular weight is 195 g/mol. The van der Waals surface area contributed by atoms with Crippen LogP contribution < -0.4 is 5.73 Å². The lowest BCUT2D eigenvalue weighted by molar-refractivity contribution is 0.242. The van der Waals surface area contributed by atoms with E-state index in [-0.39, 0.29) is 0 Å². The zero-order valence-electron chi connectivity index (χ0n) is 9.54. The number of hydrogen-bond acceptors (Lipinski definition) is 1. The van der Waals surface area contributed by atoms with Gasteiger partial charge in [-0.25, -0.2) is 0 Å². The lowest BCUT2D eigenvalue weighted by Crippen LogP contribution is -2.37. The van der Waals surface area contributed by atoms with Gasteiger partial charge in [-0.3, -0.25) is 0 Å². The van der Waals surface area contributed by atoms with Crippen LogP contribution in [0.1, 0.15) is 58.3 Å². The lowest BCUT2D eigenvalue weighted by atomic mass is 9.78. The molecule has 0 aromatic rings. The van der Waals surface area contributed by atoms with Crippen molar-refractivity contribution >= 4 is 0 Å². The van der Waals surface area contributed by atoms with E-state index in [1.165, 1.54) is 51.4 Å². The van der Waals surface area contributed by atoms with Crippen LogP contribution in [-0.2, 0) is 0 Å². The van der Waals surface area contributed by atoms with Crippen LogP contribution in [0.5, 0.6) is 0 Å². The van der Waals surface area contributed by atoms with Crippen LogP contribution in [0.3, 0.4) is 0 Å². The van der Waals surface area contributed by atoms with Gasteiger partial charge >= 0.3 is 0 Å². The standard InChI is InChI=1S/C13H25N/c1-10-7-8-12(9-10)13(14)11-5-3-2-4-6-11/h10-13H,2-9,14H2,1H3. The molecule has 0 saturated heterocycles. The third-order valence-corrected chi connectivity index (χ3v) is 4.47. The van der Waals surface area contributed by atoms with Gasteiger partial charge in [0.25, 0.3) is 0 Å². The molecule has 0 aromatic carbocycles. The van der Waals surface area contributed by atoms with Gasteiger partial charge < -0.3 is 5.73 Å². The van der Waals surface area contributed by atoms with Gasteiger partial charge in [0, 0.05) is 6.04 Å². The highest BCUT2D eigenvalue weighted by Crippen LogP contribution is 2.37. The van der Waals surface area contributed by atoms with Crippen molar-refractivity contribution in [3.05, 3.63) is 0 Å². The second kappa shape index (κ2) is 4.65. The molecule has 0 amide bonds. The minimum atomic E-state index is 0.528. The van der Waals surface area contributed by atoms with E-state index < -0.39 is 0 Å². The Morgan fingerprint density at radius 1 is 0.929 bits per heavy atom. The fraction of sp³-hybridized carbons (Fsp3) is 1.00. The summed E-state index contributed by atoms with van der Waals surface area (Å²) in [5.41, 5.74) is 6.42. The molecule has 3 unspecified atom stereocenters. The first kappa shape index (κ1) is 10.5. The Labute approximate surface area is 88.4 Å². The maximum atomic E-state index is 6.42. The van der Waals surface area contributed by atoms with Gasteiger partial charge in [-0.2, -0.15) is 0 Å². The van der Waals surface area contributed by atoms with Gasteiger partial charge in [0.1, 0.15) is 0 Å². The molecule has 0 spiro atoms. The predicted octanol–water partition coefficient (Wildman–Crippen LogP) is 3.33. The molecular weight excluding hydrogens is 170 g/mol. The normalized spacial score (nSPS) is 37.3. The van der Waals surface area contributed by atoms with E-state index in [0.717, 1.165) is 17.8 Å². The summed E-state index contributed by atoms with van der Waals surface area (Å²) in [6.07, 6.45) is 11.4. The molecule has 2 fully saturated rings. The molecule has 2 rings (SSSR count). The molecule has 1 nitrogen and oxygen atoms in total. The van der Waals surface area contributed by atoms with Crippen molar-refractivity contribution in [1.29, 1.82) is 0 Å². The molecule has 0 heterocycles. The summed E-state index contributed by atoms with van der Waals surface area (Å²) < 4.78 is 0. The second-order valence-electron chi connectivity index (χ2n) is 5.65. The van der Waals surface area contributed by atoms with Crippen molar-refractivity contribution in [2.75, 3.05) is 0 Å². The number of rotatable bonds is 2. The Balaban J connectivity index is 1.84. The topological polar surface area (TPSA) is 26.0 Å². The maximum Gasteiger partial charge on any atom is 0.00957 e. The fourth-order valence-electron chi connectivity index (χ4n) is 3.50. The first-order chi connectivity index (χ1) is 6.77. The zero-order chi connectivity index (χ0) is 9.97. The van der Waals surface area contributed by atoms with Crippen molar-refractivity contribution in [3.63, 3.8) is 0 Å². The van der Waals surface area contributed by atoms with Crippen LogP contribution in [0.4, 0.5) is 0 Å². The van der Waals surface area contributed by atoms with E-state index in [1.807, 2.05) is 0 Å². The predicted molar refractivity (Wildman–Crippen MR) is 61.1 cm³/mol. The van der Waals surface area contributed by atoms with Crippen molar-refractivity contribution in [2.24, 2.45) is 23.5 Å². The maximum absolute atomic E-state index is 6.42. The molecule has 0 radical (unpaired) electrons. The smallest absolute Gasteiger partial charge is 0.00957 e. The van der Waals surface area contributed by atoms with Crippen LogP contribution in [0.2, 0.25) is 0 Å². The van der Waals surface area contributed by atoms with Gasteiger partial charge in [-0.15, -0.1) is 0 Å². The highest BCUT2D eigenvalue weighted by Gasteiger charge is 2.31. The SMILES string of the molecule is CC1CCC(C(N)C2CCCCC2)C1. The largest absolute Gasteiger partial charge is 0.327 e. The molecular formula is C13H25N. The first-order valence-electron chi connectivity index (χ1n) is 6.53. The summed E-state index contributed by atoms with van der Waals surface area (Å²) in [6, 6.07) is 0.528. The summed E-state index contributed by atoms with van der Waals surface area (Å²) in [4.78, 5) is 0. The quantitative estimate of drug-likeness (QED) is 0.718. The molecule has 1 heteroatoms. The third-order valence-electron chi connectivity index (χ3n) is 4.47. The molecule has 82 valence electrons. The van der Waals surface area contributed by atoms with Gasteiger partial charge in [0.2, 0.25) is 0 Å². The molecule has 2 saturated carbocycles. The third kappa shape index (κ3) is 2.31. The van der Waals surface area contributed by atoms with Crippen molar-refractivity contribution in [3.8, 4) is 0 Å². The Morgan fingerprint density at radius 2 is 1.64 bits per heavy atom. The fourth-order valence-corrected chi connectivity index (χ4v) is 3.50. The second-order valence-corrected chi connectivity index (χ2v) is 5.65. The average Bonchev–Trinajstić information content (AvgIpc) is 2.65. The molecule has 0 bridgehead atoms. The number of nitrogens with two attached hydrogens (primary N) is 1. The molecule has 2 N–H and O–H groups in total. The van der Waals surface area contributed by atoms with Crippen LogP contribution in [-0.4, -0.2) is 6.04 Å². The minimum absolute atomic E-state index is 0.528. The van der Waals surface area contributed by atoms with Gasteiger partial charge in [0.05, 0.1) is 0 Å². The van der Waals surface area contributed by atoms with E-state index in [4.69, 9.17) is 5.73 Å². The highest BCUT2D eigenvalue weighted by molar-refractivity contribution is 4.86. The lowest BCUT2D eigenvalue weighted by Gasteiger charge is -2.31. The van der Waals surface area contributed by atoms with E-state index >= 15 is 0 Å². The summed E-state index contributed by atoms with van der Waals surface area (Å²) in [7, 11) is 0. The monoisotopic (exact) mass is 195 g/mol. The van der Waals surface area contributed by atoms with Crippen LogP contribution >= 0.6 is 0 Å². The van der Waals surface area contributed by atoms with E-state index in [9.17, 15) is 0 Å². The van der Waals surface area contributed by atoms with Gasteiger partial charge in [-0.1, -0.05) is 32.6 Å². The van der Waals surface area contributed by atoms with Crippen molar-refractivity contribution in [2.45, 2.75) is 64.3 Å². The summed E-state index contributed by atoms with van der Waals surface area (Å²) >= 11 is 0. The number of hydrogen-bond donors (Lipinski definition) is 1. The first-order valence-corrected chi connectivity index (χ1v) is 6.53. The molecule has 3 atom stereocenters. The van der Waals surface area contributed by atoms with E-state index in [2.05, 4.69) is 6.92 Å². The Morgan fingerprint density at radius 3 is 2.21 bits per heavy atom. The molecule has 14 heavy (non-hydrogen) atoms.